The predicted molar refractivity (Wildman–Crippen MR) is 175 cm³/mol. The molecule has 0 unspecified atom stereocenters. The summed E-state index contributed by atoms with van der Waals surface area (Å²) in [5.41, 5.74) is 16.2. The van der Waals surface area contributed by atoms with E-state index in [9.17, 15) is 0 Å². The fraction of sp³-hybridized carbons (Fsp3) is 0.0750. The molecule has 8 rings (SSSR count). The highest BCUT2D eigenvalue weighted by atomic mass is 16.3. The monoisotopic (exact) mass is 539 g/mol. The largest absolute Gasteiger partial charge is 0.455 e. The molecule has 0 aliphatic heterocycles. The summed E-state index contributed by atoms with van der Waals surface area (Å²) < 4.78 is 6.12. The van der Waals surface area contributed by atoms with E-state index in [2.05, 4.69) is 146 Å². The number of allylic oxidation sites excluding steroid dienone is 3. The van der Waals surface area contributed by atoms with Crippen molar-refractivity contribution in [1.82, 2.24) is 0 Å². The fourth-order valence-corrected chi connectivity index (χ4v) is 6.55. The van der Waals surface area contributed by atoms with Gasteiger partial charge in [-0.1, -0.05) is 92.7 Å². The first-order chi connectivity index (χ1) is 20.6. The molecule has 5 aromatic carbocycles. The Labute approximate surface area is 245 Å². The van der Waals surface area contributed by atoms with Gasteiger partial charge in [0.05, 0.1) is 5.22 Å². The molecule has 0 spiro atoms. The van der Waals surface area contributed by atoms with Crippen LogP contribution in [0.1, 0.15) is 30.5 Å². The van der Waals surface area contributed by atoms with Gasteiger partial charge in [-0.25, -0.2) is 0 Å². The van der Waals surface area contributed by atoms with Crippen molar-refractivity contribution < 1.29 is 4.42 Å². The van der Waals surface area contributed by atoms with Crippen molar-refractivity contribution in [2.45, 2.75) is 19.3 Å². The van der Waals surface area contributed by atoms with Gasteiger partial charge in [-0.2, -0.15) is 0 Å². The average molecular weight is 540 g/mol. The zero-order chi connectivity index (χ0) is 28.3. The SMILES string of the molecule is CC1(C)c2ccccc2-c2ccc(N(c3ccccc3)c3cccc(C4=CC=c5oc6ccccc6c5=C=C4)c3)cc21. The third-order valence-corrected chi connectivity index (χ3v) is 8.69. The van der Waals surface area contributed by atoms with Gasteiger partial charge in [0.2, 0.25) is 0 Å². The Bertz CT molecular complexity index is 2210. The molecule has 2 aliphatic rings. The summed E-state index contributed by atoms with van der Waals surface area (Å²) in [6.45, 7) is 4.67. The van der Waals surface area contributed by atoms with Gasteiger partial charge in [-0.15, -0.1) is 5.73 Å². The molecule has 0 radical (unpaired) electrons. The van der Waals surface area contributed by atoms with Crippen LogP contribution < -0.4 is 15.5 Å². The van der Waals surface area contributed by atoms with Crippen molar-refractivity contribution in [3.05, 3.63) is 161 Å². The molecule has 0 amide bonds. The van der Waals surface area contributed by atoms with Crippen LogP contribution in [0.5, 0.6) is 0 Å². The lowest BCUT2D eigenvalue weighted by Crippen LogP contribution is -2.17. The maximum Gasteiger partial charge on any atom is 0.143 e. The molecule has 42 heavy (non-hydrogen) atoms. The molecular formula is C40H29NO. The van der Waals surface area contributed by atoms with Gasteiger partial charge in [-0.3, -0.25) is 0 Å². The Kier molecular flexibility index (Phi) is 5.47. The van der Waals surface area contributed by atoms with Gasteiger partial charge in [0, 0.05) is 27.9 Å². The minimum atomic E-state index is -0.0676. The molecule has 1 heterocycles. The number of para-hydroxylation sites is 2. The zero-order valence-corrected chi connectivity index (χ0v) is 23.6. The smallest absolute Gasteiger partial charge is 0.143 e. The molecule has 6 aromatic rings. The van der Waals surface area contributed by atoms with Crippen LogP contribution in [0.15, 0.2) is 138 Å². The first-order valence-corrected chi connectivity index (χ1v) is 14.4. The third kappa shape index (κ3) is 3.81. The highest BCUT2D eigenvalue weighted by molar-refractivity contribution is 5.88. The number of fused-ring (bicyclic) bond motifs is 6. The molecule has 0 fully saturated rings. The summed E-state index contributed by atoms with van der Waals surface area (Å²) in [7, 11) is 0. The number of hydrogen-bond acceptors (Lipinski definition) is 2. The van der Waals surface area contributed by atoms with Crippen LogP contribution in [-0.4, -0.2) is 0 Å². The second kappa shape index (κ2) is 9.38. The molecule has 0 saturated carbocycles. The lowest BCUT2D eigenvalue weighted by atomic mass is 9.82. The van der Waals surface area contributed by atoms with Crippen LogP contribution >= 0.6 is 0 Å². The topological polar surface area (TPSA) is 16.4 Å². The number of nitrogens with zero attached hydrogens (tertiary/aromatic N) is 1. The summed E-state index contributed by atoms with van der Waals surface area (Å²) in [5.74, 6) is 0. The van der Waals surface area contributed by atoms with E-state index < -0.39 is 0 Å². The molecule has 0 N–H and O–H groups in total. The van der Waals surface area contributed by atoms with E-state index in [0.29, 0.717) is 0 Å². The maximum atomic E-state index is 6.12. The molecule has 1 aromatic heterocycles. The van der Waals surface area contributed by atoms with E-state index >= 15 is 0 Å². The van der Waals surface area contributed by atoms with Crippen molar-refractivity contribution >= 4 is 45.4 Å². The summed E-state index contributed by atoms with van der Waals surface area (Å²) in [5, 5.41) is 2.08. The van der Waals surface area contributed by atoms with Crippen LogP contribution in [0.2, 0.25) is 0 Å². The number of furan rings is 1. The minimum Gasteiger partial charge on any atom is -0.455 e. The highest BCUT2D eigenvalue weighted by Crippen LogP contribution is 2.50. The van der Waals surface area contributed by atoms with Gasteiger partial charge in [0.1, 0.15) is 11.0 Å². The van der Waals surface area contributed by atoms with E-state index in [1.54, 1.807) is 0 Å². The van der Waals surface area contributed by atoms with Crippen molar-refractivity contribution in [2.24, 2.45) is 0 Å². The molecule has 200 valence electrons. The molecule has 0 saturated heterocycles. The van der Waals surface area contributed by atoms with Crippen LogP contribution in [0.25, 0.3) is 39.5 Å². The number of hydrogen-bond donors (Lipinski definition) is 0. The van der Waals surface area contributed by atoms with Crippen LogP contribution in [0.3, 0.4) is 0 Å². The normalized spacial score (nSPS) is 14.2. The standard InChI is InChI=1S/C40H29NO/c1-40(2)36-17-8-6-15-32(36)33-23-21-31(26-37(33)40)41(29-12-4-3-5-13-29)30-14-10-11-28(25-30)27-19-22-35-34-16-7-9-18-38(34)42-39(35)24-20-27/h3-21,23-26H,1-2H3. The number of rotatable bonds is 4. The van der Waals surface area contributed by atoms with Crippen LogP contribution in [0, 0.1) is 0 Å². The molecule has 2 heteroatoms. The minimum absolute atomic E-state index is 0.0676. The average Bonchev–Trinajstić information content (AvgIpc) is 3.39. The van der Waals surface area contributed by atoms with E-state index in [1.165, 1.54) is 22.3 Å². The predicted octanol–water partition coefficient (Wildman–Crippen LogP) is 9.02. The maximum absolute atomic E-state index is 6.12. The molecule has 0 bridgehead atoms. The van der Waals surface area contributed by atoms with Gasteiger partial charge >= 0.3 is 0 Å². The van der Waals surface area contributed by atoms with Gasteiger partial charge in [0.25, 0.3) is 0 Å². The quantitative estimate of drug-likeness (QED) is 0.222. The molecule has 2 nitrogen and oxygen atoms in total. The second-order valence-corrected chi connectivity index (χ2v) is 11.5. The van der Waals surface area contributed by atoms with Crippen molar-refractivity contribution in [3.63, 3.8) is 0 Å². The Morgan fingerprint density at radius 1 is 0.619 bits per heavy atom. The van der Waals surface area contributed by atoms with Crippen molar-refractivity contribution in [3.8, 4) is 11.1 Å². The van der Waals surface area contributed by atoms with Crippen LogP contribution in [0.4, 0.5) is 17.1 Å². The molecule has 0 atom stereocenters. The Balaban J connectivity index is 1.25. The van der Waals surface area contributed by atoms with E-state index in [0.717, 1.165) is 49.8 Å². The molecule has 2 aliphatic carbocycles. The van der Waals surface area contributed by atoms with E-state index in [4.69, 9.17) is 4.42 Å². The van der Waals surface area contributed by atoms with Gasteiger partial charge in [-0.05, 0) is 94.1 Å². The highest BCUT2D eigenvalue weighted by Gasteiger charge is 2.35. The van der Waals surface area contributed by atoms with E-state index in [1.807, 2.05) is 18.2 Å². The Morgan fingerprint density at radius 2 is 1.36 bits per heavy atom. The second-order valence-electron chi connectivity index (χ2n) is 11.5. The van der Waals surface area contributed by atoms with Crippen molar-refractivity contribution in [2.75, 3.05) is 4.90 Å². The summed E-state index contributed by atoms with van der Waals surface area (Å²) in [6.07, 6.45) is 6.26. The number of benzene rings is 5. The lowest BCUT2D eigenvalue weighted by molar-refractivity contribution is 0.576. The molecular weight excluding hydrogens is 510 g/mol. The fourth-order valence-electron chi connectivity index (χ4n) is 6.55. The van der Waals surface area contributed by atoms with E-state index in [-0.39, 0.29) is 5.41 Å². The Morgan fingerprint density at radius 3 is 2.26 bits per heavy atom. The first-order valence-electron chi connectivity index (χ1n) is 14.4. The van der Waals surface area contributed by atoms with Crippen LogP contribution in [-0.2, 0) is 5.41 Å². The van der Waals surface area contributed by atoms with Gasteiger partial charge < -0.3 is 9.32 Å². The zero-order valence-electron chi connectivity index (χ0n) is 23.6. The lowest BCUT2D eigenvalue weighted by Gasteiger charge is -2.28. The van der Waals surface area contributed by atoms with Gasteiger partial charge in [0.15, 0.2) is 0 Å². The summed E-state index contributed by atoms with van der Waals surface area (Å²) in [6, 6.07) is 43.3. The Hall–Kier alpha value is -5.30. The first kappa shape index (κ1) is 24.5. The van der Waals surface area contributed by atoms with Crippen molar-refractivity contribution in [1.29, 1.82) is 0 Å². The number of anilines is 3. The summed E-state index contributed by atoms with van der Waals surface area (Å²) in [4.78, 5) is 2.36. The third-order valence-electron chi connectivity index (χ3n) is 8.69. The summed E-state index contributed by atoms with van der Waals surface area (Å²) >= 11 is 0.